The van der Waals surface area contributed by atoms with E-state index in [4.69, 9.17) is 9.79 Å². The second-order valence-corrected chi connectivity index (χ2v) is 4.65. The molecule has 6 nitrogen and oxygen atoms in total. The first-order valence-corrected chi connectivity index (χ1v) is 6.24. The highest BCUT2D eigenvalue weighted by Crippen LogP contribution is 2.30. The van der Waals surface area contributed by atoms with E-state index in [1.165, 1.54) is 0 Å². The number of hydrogen-bond acceptors (Lipinski definition) is 4. The molecule has 2 atom stereocenters. The summed E-state index contributed by atoms with van der Waals surface area (Å²) in [4.78, 5) is 16.9. The molecule has 0 aromatic rings. The van der Waals surface area contributed by atoms with Gasteiger partial charge in [-0.2, -0.15) is 0 Å². The van der Waals surface area contributed by atoms with Gasteiger partial charge in [0.1, 0.15) is 13.2 Å². The summed E-state index contributed by atoms with van der Waals surface area (Å²) in [5.74, 6) is 0. The van der Waals surface area contributed by atoms with Gasteiger partial charge in [-0.25, -0.2) is 0 Å². The summed E-state index contributed by atoms with van der Waals surface area (Å²) in [6, 6.07) is 0. The fourth-order valence-corrected chi connectivity index (χ4v) is 1.51. The smallest absolute Gasteiger partial charge is 0.133 e. The molecule has 8 heteroatoms. The van der Waals surface area contributed by atoms with Crippen LogP contribution in [0.25, 0.3) is 0 Å². The molecular weight excluding hydrogens is 230 g/mol. The molecule has 0 aliphatic carbocycles. The van der Waals surface area contributed by atoms with Crippen molar-refractivity contribution in [3.05, 3.63) is 0 Å². The summed E-state index contributed by atoms with van der Waals surface area (Å²) >= 11 is 0. The Balaban J connectivity index is 4.03. The highest BCUT2D eigenvalue weighted by Gasteiger charge is 2.32. The molecule has 0 saturated heterocycles. The second-order valence-electron chi connectivity index (χ2n) is 3.19. The molecule has 0 heterocycles. The third-order valence-corrected chi connectivity index (χ3v) is 2.60. The third-order valence-electron chi connectivity index (χ3n) is 1.90. The largest absolute Gasteiger partial charge is 0.694 e. The molecular formula is C6H14O6P2+2. The lowest BCUT2D eigenvalue weighted by Crippen LogP contribution is -2.26. The predicted molar refractivity (Wildman–Crippen MR) is 50.0 cm³/mol. The molecule has 0 aliphatic rings. The molecule has 0 aromatic carbocycles. The summed E-state index contributed by atoms with van der Waals surface area (Å²) in [7, 11) is -5.27. The molecule has 0 bridgehead atoms. The fraction of sp³-hybridized carbons (Fsp3) is 1.00. The molecule has 0 rings (SSSR count). The first-order valence-electron chi connectivity index (χ1n) is 3.98. The average Bonchev–Trinajstić information content (AvgIpc) is 2.11. The van der Waals surface area contributed by atoms with Crippen molar-refractivity contribution in [3.63, 3.8) is 0 Å². The van der Waals surface area contributed by atoms with E-state index in [9.17, 15) is 9.13 Å². The van der Waals surface area contributed by atoms with Crippen LogP contribution < -0.4 is 0 Å². The van der Waals surface area contributed by atoms with Gasteiger partial charge in [-0.1, -0.05) is 13.8 Å². The summed E-state index contributed by atoms with van der Waals surface area (Å²) < 4.78 is 29.6. The van der Waals surface area contributed by atoms with Gasteiger partial charge in [-0.3, -0.25) is 0 Å². The molecule has 0 aliphatic heterocycles. The van der Waals surface area contributed by atoms with Crippen LogP contribution in [0.5, 0.6) is 0 Å². The summed E-state index contributed by atoms with van der Waals surface area (Å²) in [5.41, 5.74) is -0.526. The molecule has 2 N–H and O–H groups in total. The molecule has 0 fully saturated rings. The van der Waals surface area contributed by atoms with Crippen LogP contribution in [0.2, 0.25) is 0 Å². The van der Waals surface area contributed by atoms with E-state index < -0.39 is 21.9 Å². The highest BCUT2D eigenvalue weighted by atomic mass is 31.1. The Labute approximate surface area is 84.1 Å². The van der Waals surface area contributed by atoms with Crippen molar-refractivity contribution in [1.82, 2.24) is 0 Å². The summed E-state index contributed by atoms with van der Waals surface area (Å²) in [6.45, 7) is 3.60. The standard InChI is InChI=1S/C6H12O6P2/c1-3-6(2,4-11-13(7)8)5-12-14(9)10/h3-5H2,1-2H3/p+2. The van der Waals surface area contributed by atoms with Gasteiger partial charge in [0.05, 0.1) is 0 Å². The van der Waals surface area contributed by atoms with Crippen molar-refractivity contribution in [2.75, 3.05) is 13.2 Å². The van der Waals surface area contributed by atoms with Gasteiger partial charge in [0, 0.05) is 14.5 Å². The molecule has 0 saturated carbocycles. The fourth-order valence-electron chi connectivity index (χ4n) is 0.668. The Kier molecular flexibility index (Phi) is 6.53. The Morgan fingerprint density at radius 2 is 1.50 bits per heavy atom. The van der Waals surface area contributed by atoms with Crippen molar-refractivity contribution < 1.29 is 28.0 Å². The molecule has 0 radical (unpaired) electrons. The van der Waals surface area contributed by atoms with Crippen LogP contribution >= 0.6 is 16.5 Å². The number of hydrogen-bond donors (Lipinski definition) is 2. The molecule has 82 valence electrons. The van der Waals surface area contributed by atoms with Crippen LogP contribution in [0.3, 0.4) is 0 Å². The van der Waals surface area contributed by atoms with Crippen molar-refractivity contribution >= 4 is 16.5 Å². The molecule has 0 aromatic heterocycles. The van der Waals surface area contributed by atoms with Gasteiger partial charge < -0.3 is 0 Å². The van der Waals surface area contributed by atoms with Crippen molar-refractivity contribution in [2.24, 2.45) is 5.41 Å². The monoisotopic (exact) mass is 244 g/mol. The zero-order chi connectivity index (χ0) is 11.2. The predicted octanol–water partition coefficient (Wildman–Crippen LogP) is 1.74. The van der Waals surface area contributed by atoms with Crippen molar-refractivity contribution in [1.29, 1.82) is 0 Å². The lowest BCUT2D eigenvalue weighted by atomic mass is 9.90. The normalized spacial score (nSPS) is 17.4. The first kappa shape index (κ1) is 14.0. The van der Waals surface area contributed by atoms with Crippen LogP contribution in [-0.2, 0) is 18.2 Å². The maximum Gasteiger partial charge on any atom is 0.694 e. The van der Waals surface area contributed by atoms with E-state index in [0.29, 0.717) is 6.42 Å². The third kappa shape index (κ3) is 6.49. The molecule has 0 spiro atoms. The minimum Gasteiger partial charge on any atom is -0.133 e. The van der Waals surface area contributed by atoms with Gasteiger partial charge in [0.25, 0.3) is 0 Å². The van der Waals surface area contributed by atoms with E-state index in [-0.39, 0.29) is 13.2 Å². The van der Waals surface area contributed by atoms with Crippen LogP contribution in [-0.4, -0.2) is 23.0 Å². The van der Waals surface area contributed by atoms with E-state index in [2.05, 4.69) is 9.05 Å². The number of rotatable bonds is 7. The van der Waals surface area contributed by atoms with Crippen molar-refractivity contribution in [3.8, 4) is 0 Å². The maximum atomic E-state index is 10.3. The highest BCUT2D eigenvalue weighted by molar-refractivity contribution is 7.32. The van der Waals surface area contributed by atoms with Gasteiger partial charge in [0.15, 0.2) is 0 Å². The molecule has 0 amide bonds. The van der Waals surface area contributed by atoms with E-state index in [1.807, 2.05) is 6.92 Å². The van der Waals surface area contributed by atoms with E-state index in [0.717, 1.165) is 0 Å². The van der Waals surface area contributed by atoms with Gasteiger partial charge in [-0.15, -0.1) is 18.8 Å². The molecule has 14 heavy (non-hydrogen) atoms. The summed E-state index contributed by atoms with van der Waals surface area (Å²) in [6.07, 6.45) is 0.610. The Morgan fingerprint density at radius 1 is 1.14 bits per heavy atom. The van der Waals surface area contributed by atoms with Gasteiger partial charge in [-0.05, 0) is 6.42 Å². The lowest BCUT2D eigenvalue weighted by molar-refractivity contribution is 0.0865. The van der Waals surface area contributed by atoms with Crippen LogP contribution in [0.4, 0.5) is 0 Å². The molecule has 2 unspecified atom stereocenters. The minimum absolute atomic E-state index is 0.0123. The topological polar surface area (TPSA) is 93.1 Å². The Morgan fingerprint density at radius 3 is 1.71 bits per heavy atom. The average molecular weight is 244 g/mol. The van der Waals surface area contributed by atoms with Crippen LogP contribution in [0.1, 0.15) is 20.3 Å². The maximum absolute atomic E-state index is 10.3. The minimum atomic E-state index is -2.64. The zero-order valence-electron chi connectivity index (χ0n) is 8.04. The van der Waals surface area contributed by atoms with E-state index in [1.54, 1.807) is 6.92 Å². The quantitative estimate of drug-likeness (QED) is 0.662. The van der Waals surface area contributed by atoms with Crippen LogP contribution in [0, 0.1) is 5.41 Å². The Hall–Kier alpha value is 0.0400. The van der Waals surface area contributed by atoms with Crippen LogP contribution in [0.15, 0.2) is 0 Å². The Bertz CT molecular complexity index is 200. The first-order chi connectivity index (χ1) is 6.39. The lowest BCUT2D eigenvalue weighted by Gasteiger charge is -2.20. The van der Waals surface area contributed by atoms with Gasteiger partial charge >= 0.3 is 16.5 Å². The van der Waals surface area contributed by atoms with Gasteiger partial charge in [0.2, 0.25) is 0 Å². The van der Waals surface area contributed by atoms with Crippen molar-refractivity contribution in [2.45, 2.75) is 20.3 Å². The SMILES string of the molecule is CCC(C)(CO[P+](=O)O)CO[P+](=O)O. The van der Waals surface area contributed by atoms with E-state index >= 15 is 0 Å². The summed E-state index contributed by atoms with van der Waals surface area (Å²) in [5, 5.41) is 0. The second kappa shape index (κ2) is 6.51. The zero-order valence-corrected chi connectivity index (χ0v) is 9.83.